The van der Waals surface area contributed by atoms with E-state index in [4.69, 9.17) is 4.84 Å². The number of hydrogen-bond acceptors (Lipinski definition) is 3. The first kappa shape index (κ1) is 13.5. The van der Waals surface area contributed by atoms with Crippen molar-refractivity contribution in [3.8, 4) is 0 Å². The molecule has 1 aromatic rings. The second kappa shape index (κ2) is 6.29. The quantitative estimate of drug-likeness (QED) is 0.824. The average molecular weight is 270 g/mol. The van der Waals surface area contributed by atoms with Gasteiger partial charge in [-0.15, -0.1) is 0 Å². The summed E-state index contributed by atoms with van der Waals surface area (Å²) in [6.45, 7) is 1.38. The van der Waals surface area contributed by atoms with Crippen molar-refractivity contribution in [1.29, 1.82) is 0 Å². The van der Waals surface area contributed by atoms with Crippen LogP contribution >= 0.6 is 0 Å². The van der Waals surface area contributed by atoms with Gasteiger partial charge in [-0.1, -0.05) is 41.6 Å². The Labute approximate surface area is 108 Å². The van der Waals surface area contributed by atoms with Gasteiger partial charge in [-0.25, -0.2) is 0 Å². The van der Waals surface area contributed by atoms with Crippen molar-refractivity contribution in [3.63, 3.8) is 0 Å². The zero-order chi connectivity index (χ0) is 12.8. The molecule has 0 saturated carbocycles. The number of hydrogen-bond donors (Lipinski definition) is 1. The van der Waals surface area contributed by atoms with Gasteiger partial charge in [-0.05, 0) is 18.4 Å². The first-order valence-corrected chi connectivity index (χ1v) is 7.55. The van der Waals surface area contributed by atoms with Gasteiger partial charge in [0, 0.05) is 13.1 Å². The fourth-order valence-electron chi connectivity index (χ4n) is 1.92. The molecule has 1 fully saturated rings. The van der Waals surface area contributed by atoms with Gasteiger partial charge in [0.25, 0.3) is 0 Å². The summed E-state index contributed by atoms with van der Waals surface area (Å²) in [4.78, 5) is 7.23. The summed E-state index contributed by atoms with van der Waals surface area (Å²) in [5.74, 6) is 0. The standard InChI is InChI=1S/C12H18N2O3S/c15-18(16,14-9-5-2-6-10-14)13-17-11-12-7-3-1-4-8-12/h1,3-4,7-8,13H,2,5-6,9-11H2. The smallest absolute Gasteiger partial charge is 0.281 e. The van der Waals surface area contributed by atoms with Crippen LogP contribution < -0.4 is 4.89 Å². The molecule has 0 unspecified atom stereocenters. The van der Waals surface area contributed by atoms with E-state index in [1.54, 1.807) is 0 Å². The summed E-state index contributed by atoms with van der Waals surface area (Å²) in [6, 6.07) is 9.45. The first-order chi connectivity index (χ1) is 8.68. The van der Waals surface area contributed by atoms with Crippen LogP contribution in [0.5, 0.6) is 0 Å². The van der Waals surface area contributed by atoms with Gasteiger partial charge in [0.1, 0.15) is 0 Å². The van der Waals surface area contributed by atoms with Crippen LogP contribution in [0.1, 0.15) is 24.8 Å². The van der Waals surface area contributed by atoms with Crippen molar-refractivity contribution >= 4 is 10.2 Å². The van der Waals surface area contributed by atoms with E-state index < -0.39 is 10.2 Å². The van der Waals surface area contributed by atoms with Crippen LogP contribution in [0.15, 0.2) is 30.3 Å². The van der Waals surface area contributed by atoms with Crippen LogP contribution in [0.25, 0.3) is 0 Å². The van der Waals surface area contributed by atoms with Crippen LogP contribution in [-0.2, 0) is 21.7 Å². The zero-order valence-corrected chi connectivity index (χ0v) is 11.0. The van der Waals surface area contributed by atoms with E-state index in [0.29, 0.717) is 13.1 Å². The zero-order valence-electron chi connectivity index (χ0n) is 10.2. The summed E-state index contributed by atoms with van der Waals surface area (Å²) in [7, 11) is -3.49. The van der Waals surface area contributed by atoms with Gasteiger partial charge < -0.3 is 0 Å². The molecule has 5 nitrogen and oxygen atoms in total. The molecule has 2 rings (SSSR count). The summed E-state index contributed by atoms with van der Waals surface area (Å²) in [6.07, 6.45) is 2.93. The lowest BCUT2D eigenvalue weighted by molar-refractivity contribution is 0.0739. The minimum atomic E-state index is -3.49. The summed E-state index contributed by atoms with van der Waals surface area (Å²) < 4.78 is 25.2. The molecule has 0 radical (unpaired) electrons. The second-order valence-corrected chi connectivity index (χ2v) is 5.96. The lowest BCUT2D eigenvalue weighted by atomic mass is 10.2. The number of rotatable bonds is 5. The minimum Gasteiger partial charge on any atom is -0.281 e. The Kier molecular flexibility index (Phi) is 4.71. The van der Waals surface area contributed by atoms with Gasteiger partial charge in [-0.3, -0.25) is 4.84 Å². The molecule has 6 heteroatoms. The highest BCUT2D eigenvalue weighted by atomic mass is 32.2. The Bertz CT molecular complexity index is 455. The molecule has 0 amide bonds. The molecule has 0 atom stereocenters. The van der Waals surface area contributed by atoms with Crippen LogP contribution in [0.4, 0.5) is 0 Å². The molecule has 0 spiro atoms. The lowest BCUT2D eigenvalue weighted by Gasteiger charge is -2.25. The maximum Gasteiger partial charge on any atom is 0.301 e. The molecule has 1 saturated heterocycles. The van der Waals surface area contributed by atoms with Crippen molar-refractivity contribution in [2.45, 2.75) is 25.9 Å². The molecular weight excluding hydrogens is 252 g/mol. The van der Waals surface area contributed by atoms with Crippen molar-refractivity contribution in [3.05, 3.63) is 35.9 Å². The van der Waals surface area contributed by atoms with E-state index in [1.165, 1.54) is 4.31 Å². The largest absolute Gasteiger partial charge is 0.301 e. The van der Waals surface area contributed by atoms with Gasteiger partial charge in [-0.2, -0.15) is 12.7 Å². The fourth-order valence-corrected chi connectivity index (χ4v) is 2.97. The maximum atomic E-state index is 11.9. The van der Waals surface area contributed by atoms with Gasteiger partial charge >= 0.3 is 10.2 Å². The number of nitrogens with one attached hydrogen (secondary N) is 1. The topological polar surface area (TPSA) is 58.6 Å². The number of piperidine rings is 1. The molecule has 1 heterocycles. The molecule has 18 heavy (non-hydrogen) atoms. The summed E-state index contributed by atoms with van der Waals surface area (Å²) in [5, 5.41) is 0. The third-order valence-corrected chi connectivity index (χ3v) is 4.27. The Morgan fingerprint density at radius 3 is 2.44 bits per heavy atom. The Balaban J connectivity index is 1.82. The highest BCUT2D eigenvalue weighted by molar-refractivity contribution is 7.87. The van der Waals surface area contributed by atoms with Gasteiger partial charge in [0.2, 0.25) is 0 Å². The first-order valence-electron chi connectivity index (χ1n) is 6.11. The lowest BCUT2D eigenvalue weighted by Crippen LogP contribution is -2.43. The van der Waals surface area contributed by atoms with Crippen molar-refractivity contribution in [2.75, 3.05) is 13.1 Å². The van der Waals surface area contributed by atoms with Crippen molar-refractivity contribution in [1.82, 2.24) is 9.19 Å². The minimum absolute atomic E-state index is 0.230. The molecule has 0 bridgehead atoms. The van der Waals surface area contributed by atoms with Crippen LogP contribution in [0, 0.1) is 0 Å². The molecule has 100 valence electrons. The Hall–Kier alpha value is -0.950. The van der Waals surface area contributed by atoms with Crippen molar-refractivity contribution in [2.24, 2.45) is 0 Å². The monoisotopic (exact) mass is 270 g/mol. The molecular formula is C12H18N2O3S. The highest BCUT2D eigenvalue weighted by Gasteiger charge is 2.23. The molecule has 1 aromatic carbocycles. The van der Waals surface area contributed by atoms with Crippen molar-refractivity contribution < 1.29 is 13.3 Å². The predicted octanol–water partition coefficient (Wildman–Crippen LogP) is 1.44. The normalized spacial score (nSPS) is 17.8. The third kappa shape index (κ3) is 3.78. The molecule has 0 aliphatic carbocycles. The maximum absolute atomic E-state index is 11.9. The van der Waals surface area contributed by atoms with E-state index in [2.05, 4.69) is 4.89 Å². The number of nitrogens with zero attached hydrogens (tertiary/aromatic N) is 1. The van der Waals surface area contributed by atoms with Crippen LogP contribution in [0.3, 0.4) is 0 Å². The predicted molar refractivity (Wildman–Crippen MR) is 68.7 cm³/mol. The molecule has 1 aliphatic rings. The average Bonchev–Trinajstić information content (AvgIpc) is 2.41. The van der Waals surface area contributed by atoms with E-state index >= 15 is 0 Å². The third-order valence-electron chi connectivity index (χ3n) is 2.90. The Morgan fingerprint density at radius 2 is 1.78 bits per heavy atom. The van der Waals surface area contributed by atoms with E-state index in [9.17, 15) is 8.42 Å². The molecule has 1 aliphatic heterocycles. The summed E-state index contributed by atoms with van der Waals surface area (Å²) >= 11 is 0. The summed E-state index contributed by atoms with van der Waals surface area (Å²) in [5.41, 5.74) is 0.929. The van der Waals surface area contributed by atoms with E-state index in [1.807, 2.05) is 30.3 Å². The van der Waals surface area contributed by atoms with Crippen LogP contribution in [0.2, 0.25) is 0 Å². The Morgan fingerprint density at radius 1 is 1.11 bits per heavy atom. The highest BCUT2D eigenvalue weighted by Crippen LogP contribution is 2.12. The second-order valence-electron chi connectivity index (χ2n) is 4.32. The fraction of sp³-hybridized carbons (Fsp3) is 0.500. The van der Waals surface area contributed by atoms with E-state index in [-0.39, 0.29) is 6.61 Å². The SMILES string of the molecule is O=S(=O)(NOCc1ccccc1)N1CCCCC1. The molecule has 1 N–H and O–H groups in total. The molecule has 0 aromatic heterocycles. The van der Waals surface area contributed by atoms with E-state index in [0.717, 1.165) is 24.8 Å². The number of benzene rings is 1. The van der Waals surface area contributed by atoms with Crippen LogP contribution in [-0.4, -0.2) is 25.8 Å². The van der Waals surface area contributed by atoms with Gasteiger partial charge in [0.05, 0.1) is 6.61 Å². The van der Waals surface area contributed by atoms with Gasteiger partial charge in [0.15, 0.2) is 0 Å².